The Labute approximate surface area is 171 Å². The van der Waals surface area contributed by atoms with Crippen molar-refractivity contribution in [1.82, 2.24) is 0 Å². The summed E-state index contributed by atoms with van der Waals surface area (Å²) in [4.78, 5) is 35.7. The van der Waals surface area contributed by atoms with Gasteiger partial charge in [-0.1, -0.05) is 31.2 Å². The highest BCUT2D eigenvalue weighted by atomic mass is 32.2. The van der Waals surface area contributed by atoms with Crippen LogP contribution in [0.15, 0.2) is 11.6 Å². The summed E-state index contributed by atoms with van der Waals surface area (Å²) in [7, 11) is 0. The molecule has 7 atom stereocenters. The average Bonchev–Trinajstić information content (AvgIpc) is 3.17. The zero-order valence-electron chi connectivity index (χ0n) is 16.9. The van der Waals surface area contributed by atoms with E-state index >= 15 is 0 Å². The van der Waals surface area contributed by atoms with Crippen molar-refractivity contribution in [3.8, 4) is 0 Å². The van der Waals surface area contributed by atoms with Gasteiger partial charge in [-0.15, -0.1) is 0 Å². The monoisotopic (exact) mass is 402 g/mol. The molecule has 0 aromatic carbocycles. The van der Waals surface area contributed by atoms with Crippen molar-refractivity contribution < 1.29 is 19.1 Å². The largest absolute Gasteiger partial charge is 0.458 e. The van der Waals surface area contributed by atoms with Crippen LogP contribution in [0.2, 0.25) is 0 Å². The number of hydrogen-bond donors (Lipinski definition) is 0. The lowest BCUT2D eigenvalue weighted by Crippen LogP contribution is -2.57. The highest BCUT2D eigenvalue weighted by Crippen LogP contribution is 2.70. The zero-order chi connectivity index (χ0) is 19.7. The van der Waals surface area contributed by atoms with Gasteiger partial charge >= 0.3 is 5.97 Å². The number of hydrogen-bond acceptors (Lipinski definition) is 5. The molecular weight excluding hydrogens is 372 g/mol. The van der Waals surface area contributed by atoms with Crippen LogP contribution in [0.4, 0.5) is 0 Å². The van der Waals surface area contributed by atoms with Crippen LogP contribution < -0.4 is 0 Å². The van der Waals surface area contributed by atoms with E-state index in [1.165, 1.54) is 17.3 Å². The topological polar surface area (TPSA) is 60.4 Å². The molecule has 152 valence electrons. The van der Waals surface area contributed by atoms with E-state index in [4.69, 9.17) is 4.74 Å². The molecule has 0 amide bonds. The molecule has 5 rings (SSSR count). The molecule has 0 aromatic heterocycles. The molecule has 0 N–H and O–H groups in total. The highest BCUT2D eigenvalue weighted by molar-refractivity contribution is 8.12. The van der Waals surface area contributed by atoms with E-state index in [2.05, 4.69) is 13.8 Å². The molecule has 4 fully saturated rings. The SMILES string of the molecule is CC12C(=CC(=O)C[C@H]1SC=O)CCC1C3CCC4(CCC(=O)O4)C3(C)CC[C@@H]12. The maximum absolute atomic E-state index is 12.3. The molecule has 1 aliphatic heterocycles. The number of fused-ring (bicyclic) bond motifs is 6. The van der Waals surface area contributed by atoms with Crippen LogP contribution in [0.1, 0.15) is 71.6 Å². The Balaban J connectivity index is 1.51. The Bertz CT molecular complexity index is 775. The number of esters is 1. The summed E-state index contributed by atoms with van der Waals surface area (Å²) in [5.74, 6) is 1.86. The van der Waals surface area contributed by atoms with Gasteiger partial charge in [-0.2, -0.15) is 0 Å². The quantitative estimate of drug-likeness (QED) is 0.503. The first-order valence-corrected chi connectivity index (χ1v) is 11.8. The predicted molar refractivity (Wildman–Crippen MR) is 108 cm³/mol. The summed E-state index contributed by atoms with van der Waals surface area (Å²) in [5, 5.41) is 0.0642. The number of carbonyl (C=O) groups excluding carboxylic acids is 3. The molecule has 5 heteroatoms. The zero-order valence-corrected chi connectivity index (χ0v) is 17.7. The second-order valence-corrected chi connectivity index (χ2v) is 11.3. The molecule has 5 unspecified atom stereocenters. The predicted octanol–water partition coefficient (Wildman–Crippen LogP) is 4.50. The lowest BCUT2D eigenvalue weighted by Gasteiger charge is -2.60. The molecule has 4 aliphatic carbocycles. The molecule has 28 heavy (non-hydrogen) atoms. The minimum atomic E-state index is -0.240. The van der Waals surface area contributed by atoms with Crippen LogP contribution in [0.3, 0.4) is 0 Å². The Hall–Kier alpha value is -1.10. The number of ketones is 1. The molecule has 3 saturated carbocycles. The number of thioether (sulfide) groups is 1. The van der Waals surface area contributed by atoms with Gasteiger partial charge in [0.2, 0.25) is 0 Å². The van der Waals surface area contributed by atoms with E-state index in [-0.39, 0.29) is 33.4 Å². The minimum absolute atomic E-state index is 0.0157. The third kappa shape index (κ3) is 2.28. The summed E-state index contributed by atoms with van der Waals surface area (Å²) >= 11 is 1.33. The Morgan fingerprint density at radius 2 is 1.86 bits per heavy atom. The van der Waals surface area contributed by atoms with E-state index in [9.17, 15) is 14.4 Å². The van der Waals surface area contributed by atoms with Gasteiger partial charge < -0.3 is 4.74 Å². The number of rotatable bonds is 2. The second kappa shape index (κ2) is 6.20. The van der Waals surface area contributed by atoms with Crippen LogP contribution in [0, 0.1) is 28.6 Å². The van der Waals surface area contributed by atoms with Crippen molar-refractivity contribution in [2.45, 2.75) is 82.5 Å². The minimum Gasteiger partial charge on any atom is -0.458 e. The molecular formula is C23H30O4S. The Morgan fingerprint density at radius 1 is 1.07 bits per heavy atom. The molecule has 0 bridgehead atoms. The first-order valence-electron chi connectivity index (χ1n) is 10.9. The maximum atomic E-state index is 12.3. The van der Waals surface area contributed by atoms with Crippen molar-refractivity contribution >= 4 is 29.1 Å². The van der Waals surface area contributed by atoms with Crippen LogP contribution >= 0.6 is 11.8 Å². The number of carbonyl (C=O) groups is 3. The molecule has 5 aliphatic rings. The first-order chi connectivity index (χ1) is 13.3. The fraction of sp³-hybridized carbons (Fsp3) is 0.783. The summed E-state index contributed by atoms with van der Waals surface area (Å²) in [6, 6.07) is 0. The molecule has 1 heterocycles. The third-order valence-corrected chi connectivity index (χ3v) is 10.7. The normalized spacial score (nSPS) is 49.9. The lowest BCUT2D eigenvalue weighted by molar-refractivity contribution is -0.167. The van der Waals surface area contributed by atoms with Crippen molar-refractivity contribution in [2.24, 2.45) is 28.6 Å². The Morgan fingerprint density at radius 3 is 2.57 bits per heavy atom. The van der Waals surface area contributed by atoms with Crippen LogP contribution in [-0.2, 0) is 19.1 Å². The van der Waals surface area contributed by atoms with E-state index in [0.717, 1.165) is 50.6 Å². The average molecular weight is 403 g/mol. The molecule has 4 nitrogen and oxygen atoms in total. The van der Waals surface area contributed by atoms with Crippen molar-refractivity contribution in [1.29, 1.82) is 0 Å². The molecule has 0 aromatic rings. The second-order valence-electron chi connectivity index (χ2n) is 10.2. The van der Waals surface area contributed by atoms with Gasteiger partial charge in [0.25, 0.3) is 0 Å². The fourth-order valence-electron chi connectivity index (χ4n) is 8.14. The standard InChI is InChI=1S/C23H30O4S/c1-21-8-5-18-16(17(21)6-9-23(21)10-7-20(26)27-23)4-3-14-11-15(25)12-19(28-13-24)22(14,18)2/h11,13,16-19H,3-10,12H2,1-2H3/t16?,17?,18-,19+,21?,22?,23?/m0/s1. The molecule has 1 spiro atoms. The van der Waals surface area contributed by atoms with Crippen molar-refractivity contribution in [2.75, 3.05) is 0 Å². The fourth-order valence-corrected chi connectivity index (χ4v) is 9.14. The van der Waals surface area contributed by atoms with Gasteiger partial charge in [0.15, 0.2) is 11.4 Å². The van der Waals surface area contributed by atoms with E-state index in [1.807, 2.05) is 6.08 Å². The molecule has 0 radical (unpaired) electrons. The highest BCUT2D eigenvalue weighted by Gasteiger charge is 2.67. The van der Waals surface area contributed by atoms with Crippen molar-refractivity contribution in [3.05, 3.63) is 11.6 Å². The van der Waals surface area contributed by atoms with Crippen LogP contribution in [-0.4, -0.2) is 28.2 Å². The van der Waals surface area contributed by atoms with E-state index < -0.39 is 0 Å². The van der Waals surface area contributed by atoms with Gasteiger partial charge in [0.05, 0.1) is 0 Å². The third-order valence-electron chi connectivity index (χ3n) is 9.59. The van der Waals surface area contributed by atoms with Gasteiger partial charge in [-0.3, -0.25) is 14.4 Å². The van der Waals surface area contributed by atoms with Crippen molar-refractivity contribution in [3.63, 3.8) is 0 Å². The maximum Gasteiger partial charge on any atom is 0.306 e. The van der Waals surface area contributed by atoms with Gasteiger partial charge in [0, 0.05) is 28.9 Å². The summed E-state index contributed by atoms with van der Waals surface area (Å²) in [5.41, 5.74) is 2.00. The van der Waals surface area contributed by atoms with Crippen LogP contribution in [0.25, 0.3) is 0 Å². The summed E-state index contributed by atoms with van der Waals surface area (Å²) in [6.45, 7) is 4.71. The van der Waals surface area contributed by atoms with Gasteiger partial charge in [-0.25, -0.2) is 0 Å². The number of ether oxygens (including phenoxy) is 1. The Kier molecular flexibility index (Phi) is 4.18. The summed E-state index contributed by atoms with van der Waals surface area (Å²) < 4.78 is 6.02. The summed E-state index contributed by atoms with van der Waals surface area (Å²) in [6.07, 6.45) is 10.3. The smallest absolute Gasteiger partial charge is 0.306 e. The lowest BCUT2D eigenvalue weighted by atomic mass is 9.46. The molecule has 1 saturated heterocycles. The van der Waals surface area contributed by atoms with E-state index in [1.54, 1.807) is 0 Å². The van der Waals surface area contributed by atoms with Gasteiger partial charge in [0.1, 0.15) is 5.60 Å². The first kappa shape index (κ1) is 18.9. The van der Waals surface area contributed by atoms with Gasteiger partial charge in [-0.05, 0) is 68.8 Å². The van der Waals surface area contributed by atoms with Crippen LogP contribution in [0.5, 0.6) is 0 Å². The number of allylic oxidation sites excluding steroid dienone is 1. The van der Waals surface area contributed by atoms with E-state index in [0.29, 0.717) is 30.6 Å².